The van der Waals surface area contributed by atoms with Gasteiger partial charge >= 0.3 is 0 Å². The quantitative estimate of drug-likeness (QED) is 0.862. The van der Waals surface area contributed by atoms with Crippen LogP contribution >= 0.6 is 0 Å². The summed E-state index contributed by atoms with van der Waals surface area (Å²) >= 11 is 0. The molecule has 4 heteroatoms. The van der Waals surface area contributed by atoms with Crippen LogP contribution in [0.25, 0.3) is 0 Å². The Balaban J connectivity index is 3.07. The zero-order valence-electron chi connectivity index (χ0n) is 10.8. The van der Waals surface area contributed by atoms with Crippen molar-refractivity contribution in [1.29, 1.82) is 0 Å². The van der Waals surface area contributed by atoms with E-state index in [1.165, 1.54) is 20.3 Å². The topological polar surface area (TPSA) is 44.5 Å². The van der Waals surface area contributed by atoms with Gasteiger partial charge in [0.15, 0.2) is 11.5 Å². The van der Waals surface area contributed by atoms with Crippen LogP contribution in [0.1, 0.15) is 31.9 Å². The van der Waals surface area contributed by atoms with Crippen LogP contribution in [0.5, 0.6) is 11.5 Å². The van der Waals surface area contributed by atoms with Crippen LogP contribution in [0, 0.1) is 11.7 Å². The van der Waals surface area contributed by atoms with E-state index in [0.717, 1.165) is 6.42 Å². The number of halogens is 1. The molecular weight excluding hydrogens is 221 g/mol. The van der Waals surface area contributed by atoms with Gasteiger partial charge in [0.25, 0.3) is 0 Å². The van der Waals surface area contributed by atoms with Crippen molar-refractivity contribution in [3.63, 3.8) is 0 Å². The Morgan fingerprint density at radius 1 is 1.18 bits per heavy atom. The van der Waals surface area contributed by atoms with Gasteiger partial charge in [0.2, 0.25) is 0 Å². The lowest BCUT2D eigenvalue weighted by Crippen LogP contribution is -2.15. The minimum atomic E-state index is -0.351. The monoisotopic (exact) mass is 241 g/mol. The molecule has 1 atom stereocenters. The molecule has 1 rings (SSSR count). The lowest BCUT2D eigenvalue weighted by atomic mass is 9.97. The Morgan fingerprint density at radius 2 is 1.71 bits per heavy atom. The molecule has 0 aliphatic rings. The van der Waals surface area contributed by atoms with Crippen molar-refractivity contribution in [3.05, 3.63) is 23.5 Å². The Morgan fingerprint density at radius 3 is 2.18 bits per heavy atom. The Labute approximate surface area is 102 Å². The predicted octanol–water partition coefficient (Wildman–Crippen LogP) is 2.89. The zero-order valence-corrected chi connectivity index (χ0v) is 10.8. The van der Waals surface area contributed by atoms with Crippen molar-refractivity contribution >= 4 is 0 Å². The molecule has 0 fully saturated rings. The minimum absolute atomic E-state index is 0.324. The second-order valence-electron chi connectivity index (χ2n) is 4.46. The van der Waals surface area contributed by atoms with Gasteiger partial charge < -0.3 is 15.2 Å². The van der Waals surface area contributed by atoms with Crippen LogP contribution in [0.15, 0.2) is 12.1 Å². The molecule has 0 radical (unpaired) electrons. The summed E-state index contributed by atoms with van der Waals surface area (Å²) in [7, 11) is 3.00. The van der Waals surface area contributed by atoms with Crippen LogP contribution in [-0.2, 0) is 0 Å². The summed E-state index contributed by atoms with van der Waals surface area (Å²) in [6, 6.07) is 2.60. The number of benzene rings is 1. The maximum atomic E-state index is 13.8. The molecule has 96 valence electrons. The fraction of sp³-hybridized carbons (Fsp3) is 0.538. The van der Waals surface area contributed by atoms with Crippen LogP contribution in [-0.4, -0.2) is 14.2 Å². The van der Waals surface area contributed by atoms with Crippen LogP contribution < -0.4 is 15.2 Å². The van der Waals surface area contributed by atoms with Crippen molar-refractivity contribution < 1.29 is 13.9 Å². The molecule has 0 heterocycles. The first-order chi connectivity index (χ1) is 7.99. The Kier molecular flexibility index (Phi) is 4.75. The smallest absolute Gasteiger partial charge is 0.163 e. The number of rotatable bonds is 5. The van der Waals surface area contributed by atoms with Crippen molar-refractivity contribution in [3.8, 4) is 11.5 Å². The number of hydrogen-bond acceptors (Lipinski definition) is 3. The summed E-state index contributed by atoms with van der Waals surface area (Å²) in [4.78, 5) is 0. The second-order valence-corrected chi connectivity index (χ2v) is 4.46. The van der Waals surface area contributed by atoms with Crippen LogP contribution in [0.4, 0.5) is 4.39 Å². The third kappa shape index (κ3) is 3.33. The van der Waals surface area contributed by atoms with E-state index >= 15 is 0 Å². The van der Waals surface area contributed by atoms with E-state index in [0.29, 0.717) is 23.0 Å². The first kappa shape index (κ1) is 13.8. The number of hydrogen-bond donors (Lipinski definition) is 1. The molecule has 0 amide bonds. The molecule has 2 N–H and O–H groups in total. The van der Waals surface area contributed by atoms with Crippen molar-refractivity contribution in [2.45, 2.75) is 26.3 Å². The fourth-order valence-electron chi connectivity index (χ4n) is 1.79. The predicted molar refractivity (Wildman–Crippen MR) is 65.9 cm³/mol. The molecule has 3 nitrogen and oxygen atoms in total. The van der Waals surface area contributed by atoms with E-state index in [1.54, 1.807) is 6.07 Å². The molecule has 1 unspecified atom stereocenters. The molecule has 1 aromatic carbocycles. The molecule has 0 aliphatic carbocycles. The molecule has 0 saturated carbocycles. The largest absolute Gasteiger partial charge is 0.493 e. The summed E-state index contributed by atoms with van der Waals surface area (Å²) in [5, 5.41) is 0. The molecule has 0 saturated heterocycles. The van der Waals surface area contributed by atoms with Gasteiger partial charge in [-0.05, 0) is 18.4 Å². The van der Waals surface area contributed by atoms with E-state index in [2.05, 4.69) is 13.8 Å². The third-order valence-corrected chi connectivity index (χ3v) is 2.63. The summed E-state index contributed by atoms with van der Waals surface area (Å²) < 4.78 is 24.0. The average Bonchev–Trinajstić information content (AvgIpc) is 2.27. The molecule has 0 spiro atoms. The summed E-state index contributed by atoms with van der Waals surface area (Å²) in [5.41, 5.74) is 6.44. The molecule has 1 aromatic rings. The van der Waals surface area contributed by atoms with Gasteiger partial charge in [-0.2, -0.15) is 0 Å². The normalized spacial score (nSPS) is 12.6. The first-order valence-corrected chi connectivity index (χ1v) is 5.66. The van der Waals surface area contributed by atoms with Gasteiger partial charge in [-0.25, -0.2) is 4.39 Å². The number of ether oxygens (including phenoxy) is 2. The average molecular weight is 241 g/mol. The van der Waals surface area contributed by atoms with Crippen LogP contribution in [0.2, 0.25) is 0 Å². The summed E-state index contributed by atoms with van der Waals surface area (Å²) in [6.07, 6.45) is 0.729. The number of nitrogens with two attached hydrogens (primary N) is 1. The fourth-order valence-corrected chi connectivity index (χ4v) is 1.79. The van der Waals surface area contributed by atoms with E-state index in [4.69, 9.17) is 15.2 Å². The maximum Gasteiger partial charge on any atom is 0.163 e. The Bertz CT molecular complexity index is 380. The minimum Gasteiger partial charge on any atom is -0.493 e. The van der Waals surface area contributed by atoms with Gasteiger partial charge in [-0.15, -0.1) is 0 Å². The third-order valence-electron chi connectivity index (χ3n) is 2.63. The highest BCUT2D eigenvalue weighted by molar-refractivity contribution is 5.44. The molecule has 0 aliphatic heterocycles. The van der Waals surface area contributed by atoms with Gasteiger partial charge in [-0.3, -0.25) is 0 Å². The van der Waals surface area contributed by atoms with Gasteiger partial charge in [0.05, 0.1) is 14.2 Å². The summed E-state index contributed by atoms with van der Waals surface area (Å²) in [6.45, 7) is 4.11. The summed E-state index contributed by atoms with van der Waals surface area (Å²) in [5.74, 6) is 0.946. The van der Waals surface area contributed by atoms with Crippen molar-refractivity contribution in [2.75, 3.05) is 14.2 Å². The highest BCUT2D eigenvalue weighted by Crippen LogP contribution is 2.33. The molecule has 0 bridgehead atoms. The lowest BCUT2D eigenvalue weighted by molar-refractivity contribution is 0.350. The van der Waals surface area contributed by atoms with E-state index in [-0.39, 0.29) is 11.9 Å². The first-order valence-electron chi connectivity index (χ1n) is 5.66. The van der Waals surface area contributed by atoms with E-state index in [1.807, 2.05) is 0 Å². The standard InChI is InChI=1S/C13H20FNO2/c1-8(2)5-11(15)9-6-12(16-3)13(17-4)7-10(9)14/h6-8,11H,5,15H2,1-4H3. The van der Waals surface area contributed by atoms with Gasteiger partial charge in [0, 0.05) is 17.7 Å². The Hall–Kier alpha value is -1.29. The van der Waals surface area contributed by atoms with E-state index in [9.17, 15) is 4.39 Å². The highest BCUT2D eigenvalue weighted by Gasteiger charge is 2.17. The SMILES string of the molecule is COc1cc(F)c(C(N)CC(C)C)cc1OC. The second kappa shape index (κ2) is 5.87. The molecular formula is C13H20FNO2. The van der Waals surface area contributed by atoms with Crippen LogP contribution in [0.3, 0.4) is 0 Å². The highest BCUT2D eigenvalue weighted by atomic mass is 19.1. The van der Waals surface area contributed by atoms with Crippen molar-refractivity contribution in [1.82, 2.24) is 0 Å². The lowest BCUT2D eigenvalue weighted by Gasteiger charge is -2.17. The van der Waals surface area contributed by atoms with Gasteiger partial charge in [-0.1, -0.05) is 13.8 Å². The number of methoxy groups -OCH3 is 2. The maximum absolute atomic E-state index is 13.8. The van der Waals surface area contributed by atoms with E-state index < -0.39 is 0 Å². The van der Waals surface area contributed by atoms with Crippen molar-refractivity contribution in [2.24, 2.45) is 11.7 Å². The molecule has 17 heavy (non-hydrogen) atoms. The molecule has 0 aromatic heterocycles. The van der Waals surface area contributed by atoms with Gasteiger partial charge in [0.1, 0.15) is 5.82 Å². The zero-order chi connectivity index (χ0) is 13.0.